The first-order valence-electron chi connectivity index (χ1n) is 10.9. The van der Waals surface area contributed by atoms with Gasteiger partial charge < -0.3 is 10.6 Å². The number of nitrogens with one attached hydrogen (secondary N) is 2. The molecule has 0 radical (unpaired) electrons. The van der Waals surface area contributed by atoms with E-state index in [2.05, 4.69) is 45.4 Å². The normalized spacial score (nSPS) is 13.9. The lowest BCUT2D eigenvalue weighted by atomic mass is 9.90. The molecule has 0 saturated heterocycles. The summed E-state index contributed by atoms with van der Waals surface area (Å²) in [6.45, 7) is 2.07. The van der Waals surface area contributed by atoms with E-state index in [0.717, 1.165) is 29.2 Å². The van der Waals surface area contributed by atoms with Crippen LogP contribution in [-0.2, 0) is 12.8 Å². The zero-order valence-corrected chi connectivity index (χ0v) is 19.6. The van der Waals surface area contributed by atoms with Crippen LogP contribution in [0.25, 0.3) is 0 Å². The number of fused-ring (bicyclic) bond motifs is 1. The van der Waals surface area contributed by atoms with E-state index in [9.17, 15) is 4.79 Å². The van der Waals surface area contributed by atoms with Gasteiger partial charge in [-0.15, -0.1) is 11.3 Å². The predicted octanol–water partition coefficient (Wildman–Crippen LogP) is 6.85. The number of carbonyl (C=O) groups excluding carboxylic acids is 1. The van der Waals surface area contributed by atoms with Gasteiger partial charge in [-0.2, -0.15) is 11.3 Å². The summed E-state index contributed by atoms with van der Waals surface area (Å²) in [4.78, 5) is 19.0. The van der Waals surface area contributed by atoms with E-state index < -0.39 is 0 Å². The first kappa shape index (κ1) is 20.9. The summed E-state index contributed by atoms with van der Waals surface area (Å²) in [6, 6.07) is 15.6. The zero-order chi connectivity index (χ0) is 21.9. The van der Waals surface area contributed by atoms with Crippen LogP contribution in [-0.4, -0.2) is 10.9 Å². The lowest BCUT2D eigenvalue weighted by Gasteiger charge is -2.23. The molecule has 1 amide bonds. The average molecular weight is 460 g/mol. The van der Waals surface area contributed by atoms with Crippen molar-refractivity contribution in [3.05, 3.63) is 98.2 Å². The Balaban J connectivity index is 1.58. The second-order valence-electron chi connectivity index (χ2n) is 8.13. The molecule has 4 aromatic rings. The number of aryl methyl sites for hydroxylation is 2. The van der Waals surface area contributed by atoms with Crippen LogP contribution >= 0.6 is 22.7 Å². The molecule has 0 aliphatic heterocycles. The van der Waals surface area contributed by atoms with E-state index in [1.54, 1.807) is 22.7 Å². The summed E-state index contributed by atoms with van der Waals surface area (Å²) in [5.41, 5.74) is 5.61. The van der Waals surface area contributed by atoms with E-state index in [0.29, 0.717) is 5.56 Å². The van der Waals surface area contributed by atoms with E-state index in [-0.39, 0.29) is 11.9 Å². The van der Waals surface area contributed by atoms with E-state index in [4.69, 9.17) is 0 Å². The first-order chi connectivity index (χ1) is 15.7. The molecule has 1 atom stereocenters. The van der Waals surface area contributed by atoms with Crippen LogP contribution in [0, 0.1) is 6.92 Å². The molecule has 6 heteroatoms. The standard InChI is InChI=1S/C26H25N3OS2/c1-17-11-13-27-22(15-17)28-24(19-12-14-31-16-19)23-20-9-5-6-10-21(20)32-26(23)29-25(30)18-7-3-2-4-8-18/h2-4,7-8,11-16,24H,5-6,9-10H2,1H3,(H,27,28)(H,29,30)/t24-/m0/s1. The molecule has 4 nitrogen and oxygen atoms in total. The van der Waals surface area contributed by atoms with Crippen LogP contribution in [0.4, 0.5) is 10.8 Å². The Bertz CT molecular complexity index is 1220. The third kappa shape index (κ3) is 4.33. The molecule has 1 aliphatic rings. The van der Waals surface area contributed by atoms with Crippen molar-refractivity contribution >= 4 is 39.4 Å². The first-order valence-corrected chi connectivity index (χ1v) is 12.7. The maximum Gasteiger partial charge on any atom is 0.256 e. The number of thiophene rings is 2. The van der Waals surface area contributed by atoms with Gasteiger partial charge in [0.1, 0.15) is 10.8 Å². The molecule has 3 aromatic heterocycles. The van der Waals surface area contributed by atoms with Crippen LogP contribution < -0.4 is 10.6 Å². The minimum Gasteiger partial charge on any atom is -0.359 e. The third-order valence-corrected chi connectivity index (χ3v) is 7.77. The Morgan fingerprint density at radius 1 is 1.09 bits per heavy atom. The molecule has 1 aliphatic carbocycles. The highest BCUT2D eigenvalue weighted by atomic mass is 32.1. The predicted molar refractivity (Wildman–Crippen MR) is 134 cm³/mol. The zero-order valence-electron chi connectivity index (χ0n) is 17.9. The molecular formula is C26H25N3OS2. The van der Waals surface area contributed by atoms with E-state index in [1.807, 2.05) is 42.6 Å². The van der Waals surface area contributed by atoms with Crippen molar-refractivity contribution in [2.45, 2.75) is 38.6 Å². The van der Waals surface area contributed by atoms with Gasteiger partial charge in [-0.05, 0) is 90.4 Å². The SMILES string of the molecule is Cc1ccnc(N[C@@H](c2ccsc2)c2c(NC(=O)c3ccccc3)sc3c2CCCC3)c1. The molecule has 0 unspecified atom stereocenters. The van der Waals surface area contributed by atoms with E-state index >= 15 is 0 Å². The Morgan fingerprint density at radius 2 is 1.94 bits per heavy atom. The van der Waals surface area contributed by atoms with Gasteiger partial charge in [0.05, 0.1) is 6.04 Å². The monoisotopic (exact) mass is 459 g/mol. The molecule has 0 spiro atoms. The average Bonchev–Trinajstić information content (AvgIpc) is 3.46. The number of hydrogen-bond acceptors (Lipinski definition) is 5. The molecule has 0 fully saturated rings. The number of carbonyl (C=O) groups is 1. The fourth-order valence-corrected chi connectivity index (χ4v) is 6.29. The molecule has 5 rings (SSSR count). The van der Waals surface area contributed by atoms with Crippen molar-refractivity contribution in [1.82, 2.24) is 4.98 Å². The van der Waals surface area contributed by atoms with Gasteiger partial charge in [0.25, 0.3) is 5.91 Å². The largest absolute Gasteiger partial charge is 0.359 e. The number of nitrogens with zero attached hydrogens (tertiary/aromatic N) is 1. The van der Waals surface area contributed by atoms with Gasteiger partial charge in [0, 0.05) is 22.2 Å². The fraction of sp³-hybridized carbons (Fsp3) is 0.231. The second kappa shape index (κ2) is 9.27. The van der Waals surface area contributed by atoms with Gasteiger partial charge in [0.2, 0.25) is 0 Å². The second-order valence-corrected chi connectivity index (χ2v) is 10.0. The topological polar surface area (TPSA) is 54.0 Å². The van der Waals surface area contributed by atoms with Crippen molar-refractivity contribution < 1.29 is 4.79 Å². The Hall–Kier alpha value is -2.96. The number of anilines is 2. The highest BCUT2D eigenvalue weighted by molar-refractivity contribution is 7.16. The Morgan fingerprint density at radius 3 is 2.72 bits per heavy atom. The molecule has 1 aromatic carbocycles. The van der Waals surface area contributed by atoms with Gasteiger partial charge >= 0.3 is 0 Å². The summed E-state index contributed by atoms with van der Waals surface area (Å²) < 4.78 is 0. The number of pyridine rings is 1. The molecular weight excluding hydrogens is 434 g/mol. The summed E-state index contributed by atoms with van der Waals surface area (Å²) in [6.07, 6.45) is 6.35. The Kier molecular flexibility index (Phi) is 6.06. The van der Waals surface area contributed by atoms with Crippen molar-refractivity contribution in [3.8, 4) is 0 Å². The quantitative estimate of drug-likeness (QED) is 0.332. The van der Waals surface area contributed by atoms with Crippen LogP contribution in [0.5, 0.6) is 0 Å². The van der Waals surface area contributed by atoms with Gasteiger partial charge in [0.15, 0.2) is 0 Å². The molecule has 0 bridgehead atoms. The number of amides is 1. The van der Waals surface area contributed by atoms with Crippen molar-refractivity contribution in [1.29, 1.82) is 0 Å². The van der Waals surface area contributed by atoms with Crippen LogP contribution in [0.3, 0.4) is 0 Å². The Labute approximate surface area is 196 Å². The molecule has 0 saturated carbocycles. The number of hydrogen-bond donors (Lipinski definition) is 2. The van der Waals surface area contributed by atoms with Gasteiger partial charge in [-0.1, -0.05) is 18.2 Å². The number of aromatic nitrogens is 1. The summed E-state index contributed by atoms with van der Waals surface area (Å²) >= 11 is 3.42. The van der Waals surface area contributed by atoms with Gasteiger partial charge in [-0.3, -0.25) is 4.79 Å². The fourth-order valence-electron chi connectivity index (χ4n) is 4.28. The molecule has 162 valence electrons. The highest BCUT2D eigenvalue weighted by Crippen LogP contribution is 2.44. The van der Waals surface area contributed by atoms with Crippen LogP contribution in [0.2, 0.25) is 0 Å². The maximum atomic E-state index is 13.1. The minimum absolute atomic E-state index is 0.0665. The third-order valence-electron chi connectivity index (χ3n) is 5.85. The lowest BCUT2D eigenvalue weighted by Crippen LogP contribution is -2.18. The molecule has 3 heterocycles. The number of rotatable bonds is 6. The van der Waals surface area contributed by atoms with Crippen molar-refractivity contribution in [2.24, 2.45) is 0 Å². The molecule has 2 N–H and O–H groups in total. The summed E-state index contributed by atoms with van der Waals surface area (Å²) in [5, 5.41) is 12.2. The van der Waals surface area contributed by atoms with Crippen LogP contribution in [0.15, 0.2) is 65.5 Å². The maximum absolute atomic E-state index is 13.1. The molecule has 32 heavy (non-hydrogen) atoms. The van der Waals surface area contributed by atoms with Crippen molar-refractivity contribution in [3.63, 3.8) is 0 Å². The van der Waals surface area contributed by atoms with E-state index in [1.165, 1.54) is 34.4 Å². The number of benzene rings is 1. The van der Waals surface area contributed by atoms with Crippen molar-refractivity contribution in [2.75, 3.05) is 10.6 Å². The smallest absolute Gasteiger partial charge is 0.256 e. The summed E-state index contributed by atoms with van der Waals surface area (Å²) in [5.74, 6) is 0.778. The van der Waals surface area contributed by atoms with Gasteiger partial charge in [-0.25, -0.2) is 4.98 Å². The van der Waals surface area contributed by atoms with Crippen LogP contribution in [0.1, 0.15) is 56.4 Å². The lowest BCUT2D eigenvalue weighted by molar-refractivity contribution is 0.102. The minimum atomic E-state index is -0.0697. The summed E-state index contributed by atoms with van der Waals surface area (Å²) in [7, 11) is 0. The highest BCUT2D eigenvalue weighted by Gasteiger charge is 2.29.